The molecule has 0 atom stereocenters. The first kappa shape index (κ1) is 14.0. The number of benzene rings is 1. The number of rotatable bonds is 7. The quantitative estimate of drug-likeness (QED) is 0.572. The second kappa shape index (κ2) is 7.27. The van der Waals surface area contributed by atoms with Gasteiger partial charge in [0, 0.05) is 12.0 Å². The summed E-state index contributed by atoms with van der Waals surface area (Å²) in [6.45, 7) is 2.16. The fourth-order valence-electron chi connectivity index (χ4n) is 1.29. The number of carbonyl (C=O) groups excluding carboxylic acids is 1. The lowest BCUT2D eigenvalue weighted by Crippen LogP contribution is -2.03. The van der Waals surface area contributed by atoms with E-state index in [-0.39, 0.29) is 6.61 Å². The van der Waals surface area contributed by atoms with E-state index in [1.165, 1.54) is 0 Å². The number of aldehydes is 1. The van der Waals surface area contributed by atoms with Crippen molar-refractivity contribution in [3.05, 3.63) is 22.2 Å². The van der Waals surface area contributed by atoms with Gasteiger partial charge in [-0.25, -0.2) is 0 Å². The Labute approximate surface area is 108 Å². The molecule has 17 heavy (non-hydrogen) atoms. The molecule has 0 radical (unpaired) electrons. The second-order valence-electron chi connectivity index (χ2n) is 3.27. The van der Waals surface area contributed by atoms with Gasteiger partial charge < -0.3 is 9.47 Å². The largest absolute Gasteiger partial charge is 0.490 e. The molecule has 0 aliphatic heterocycles. The summed E-state index contributed by atoms with van der Waals surface area (Å²) >= 11 is 3.30. The summed E-state index contributed by atoms with van der Waals surface area (Å²) in [6.07, 6.45) is 1.06. The molecule has 0 saturated heterocycles. The van der Waals surface area contributed by atoms with Crippen LogP contribution in [0.1, 0.15) is 23.7 Å². The molecule has 0 saturated carbocycles. The minimum Gasteiger partial charge on any atom is -0.490 e. The lowest BCUT2D eigenvalue weighted by Gasteiger charge is -2.13. The minimum atomic E-state index is -0.423. The van der Waals surface area contributed by atoms with Gasteiger partial charge in [0.15, 0.2) is 11.5 Å². The fraction of sp³-hybridized carbons (Fsp3) is 0.417. The zero-order valence-corrected chi connectivity index (χ0v) is 11.1. The summed E-state index contributed by atoms with van der Waals surface area (Å²) < 4.78 is 23.4. The van der Waals surface area contributed by atoms with E-state index < -0.39 is 6.67 Å². The van der Waals surface area contributed by atoms with Gasteiger partial charge in [-0.1, -0.05) is 0 Å². The summed E-state index contributed by atoms with van der Waals surface area (Å²) in [6, 6.07) is 3.24. The Kier molecular flexibility index (Phi) is 5.97. The number of alkyl halides is 1. The molecule has 94 valence electrons. The molecular formula is C12H14BrFO3. The summed E-state index contributed by atoms with van der Waals surface area (Å²) in [5.74, 6) is 0.994. The number of halogens is 2. The van der Waals surface area contributed by atoms with Crippen LogP contribution < -0.4 is 9.47 Å². The summed E-state index contributed by atoms with van der Waals surface area (Å²) in [7, 11) is 0. The highest BCUT2D eigenvalue weighted by Gasteiger charge is 2.11. The van der Waals surface area contributed by atoms with E-state index >= 15 is 0 Å². The van der Waals surface area contributed by atoms with E-state index in [1.54, 1.807) is 12.1 Å². The molecule has 1 aromatic carbocycles. The van der Waals surface area contributed by atoms with Gasteiger partial charge in [-0.3, -0.25) is 9.18 Å². The Morgan fingerprint density at radius 1 is 1.41 bits per heavy atom. The first-order valence-corrected chi connectivity index (χ1v) is 6.12. The highest BCUT2D eigenvalue weighted by molar-refractivity contribution is 9.10. The van der Waals surface area contributed by atoms with E-state index in [0.29, 0.717) is 34.6 Å². The van der Waals surface area contributed by atoms with Crippen LogP contribution in [0.25, 0.3) is 0 Å². The average molecular weight is 305 g/mol. The molecule has 5 heteroatoms. The van der Waals surface area contributed by atoms with Crippen LogP contribution in [0, 0.1) is 0 Å². The van der Waals surface area contributed by atoms with Crippen LogP contribution in [0.15, 0.2) is 16.6 Å². The van der Waals surface area contributed by atoms with Gasteiger partial charge in [-0.2, -0.15) is 0 Å². The number of hydrogen-bond acceptors (Lipinski definition) is 3. The highest BCUT2D eigenvalue weighted by atomic mass is 79.9. The Hall–Kier alpha value is -1.10. The topological polar surface area (TPSA) is 35.5 Å². The van der Waals surface area contributed by atoms with Crippen molar-refractivity contribution in [2.24, 2.45) is 0 Å². The first-order valence-electron chi connectivity index (χ1n) is 5.33. The monoisotopic (exact) mass is 304 g/mol. The molecule has 0 spiro atoms. The average Bonchev–Trinajstić information content (AvgIpc) is 2.32. The first-order chi connectivity index (χ1) is 8.22. The Morgan fingerprint density at radius 2 is 2.18 bits per heavy atom. The van der Waals surface area contributed by atoms with Crippen molar-refractivity contribution in [1.82, 2.24) is 0 Å². The number of hydrogen-bond donors (Lipinski definition) is 0. The molecule has 0 aliphatic carbocycles. The third kappa shape index (κ3) is 4.00. The van der Waals surface area contributed by atoms with Crippen molar-refractivity contribution in [3.8, 4) is 11.5 Å². The van der Waals surface area contributed by atoms with Crippen molar-refractivity contribution < 1.29 is 18.7 Å². The second-order valence-corrected chi connectivity index (χ2v) is 4.13. The van der Waals surface area contributed by atoms with E-state index in [9.17, 15) is 9.18 Å². The van der Waals surface area contributed by atoms with E-state index in [1.807, 2.05) is 6.92 Å². The van der Waals surface area contributed by atoms with Crippen molar-refractivity contribution in [1.29, 1.82) is 0 Å². The Bertz CT molecular complexity index is 382. The van der Waals surface area contributed by atoms with E-state index in [2.05, 4.69) is 15.9 Å². The van der Waals surface area contributed by atoms with Crippen LogP contribution in [0.4, 0.5) is 4.39 Å². The van der Waals surface area contributed by atoms with Crippen molar-refractivity contribution in [2.75, 3.05) is 19.9 Å². The molecular weight excluding hydrogens is 291 g/mol. The van der Waals surface area contributed by atoms with E-state index in [4.69, 9.17) is 9.47 Å². The van der Waals surface area contributed by atoms with Crippen LogP contribution in [0.3, 0.4) is 0 Å². The van der Waals surface area contributed by atoms with Crippen molar-refractivity contribution in [2.45, 2.75) is 13.3 Å². The lowest BCUT2D eigenvalue weighted by atomic mass is 10.2. The third-order valence-corrected chi connectivity index (χ3v) is 2.58. The molecule has 0 aliphatic rings. The molecule has 0 N–H and O–H groups in total. The number of ether oxygens (including phenoxy) is 2. The molecule has 0 aromatic heterocycles. The summed E-state index contributed by atoms with van der Waals surface area (Å²) in [4.78, 5) is 10.7. The van der Waals surface area contributed by atoms with Crippen LogP contribution >= 0.6 is 15.9 Å². The SMILES string of the molecule is CCOc1cc(C=O)cc(Br)c1OCCCF. The van der Waals surface area contributed by atoms with Crippen molar-refractivity contribution in [3.63, 3.8) is 0 Å². The highest BCUT2D eigenvalue weighted by Crippen LogP contribution is 2.36. The molecule has 0 amide bonds. The standard InChI is InChI=1S/C12H14BrFO3/c1-2-16-11-7-9(8-15)6-10(13)12(11)17-5-3-4-14/h6-8H,2-5H2,1H3. The van der Waals surface area contributed by atoms with Crippen LogP contribution in [-0.4, -0.2) is 26.2 Å². The molecule has 0 bridgehead atoms. The Morgan fingerprint density at radius 3 is 2.76 bits per heavy atom. The molecule has 0 unspecified atom stereocenters. The van der Waals surface area contributed by atoms with Gasteiger partial charge in [0.05, 0.1) is 24.4 Å². The van der Waals surface area contributed by atoms with Gasteiger partial charge in [0.25, 0.3) is 0 Å². The Balaban J connectivity index is 2.94. The van der Waals surface area contributed by atoms with Gasteiger partial charge in [-0.15, -0.1) is 0 Å². The smallest absolute Gasteiger partial charge is 0.175 e. The van der Waals surface area contributed by atoms with Gasteiger partial charge in [-0.05, 0) is 35.0 Å². The number of carbonyl (C=O) groups is 1. The van der Waals surface area contributed by atoms with E-state index in [0.717, 1.165) is 6.29 Å². The summed E-state index contributed by atoms with van der Waals surface area (Å²) in [5.41, 5.74) is 0.498. The minimum absolute atomic E-state index is 0.273. The predicted octanol–water partition coefficient (Wildman–Crippen LogP) is 3.40. The lowest BCUT2D eigenvalue weighted by molar-refractivity contribution is 0.112. The maximum Gasteiger partial charge on any atom is 0.175 e. The fourth-order valence-corrected chi connectivity index (χ4v) is 1.86. The zero-order valence-electron chi connectivity index (χ0n) is 9.54. The van der Waals surface area contributed by atoms with Gasteiger partial charge in [0.1, 0.15) is 6.29 Å². The molecule has 0 fully saturated rings. The third-order valence-electron chi connectivity index (χ3n) is 1.99. The summed E-state index contributed by atoms with van der Waals surface area (Å²) in [5, 5.41) is 0. The zero-order chi connectivity index (χ0) is 12.7. The maximum atomic E-state index is 12.0. The van der Waals surface area contributed by atoms with Crippen LogP contribution in [-0.2, 0) is 0 Å². The molecule has 1 aromatic rings. The normalized spacial score (nSPS) is 10.1. The van der Waals surface area contributed by atoms with Gasteiger partial charge >= 0.3 is 0 Å². The molecule has 1 rings (SSSR count). The maximum absolute atomic E-state index is 12.0. The van der Waals surface area contributed by atoms with Gasteiger partial charge in [0.2, 0.25) is 0 Å². The predicted molar refractivity (Wildman–Crippen MR) is 66.8 cm³/mol. The van der Waals surface area contributed by atoms with Crippen molar-refractivity contribution >= 4 is 22.2 Å². The molecule has 0 heterocycles. The van der Waals surface area contributed by atoms with Crippen LogP contribution in [0.5, 0.6) is 11.5 Å². The molecule has 3 nitrogen and oxygen atoms in total. The van der Waals surface area contributed by atoms with Crippen LogP contribution in [0.2, 0.25) is 0 Å².